The van der Waals surface area contributed by atoms with Crippen LogP contribution in [0.3, 0.4) is 0 Å². The molecule has 0 bridgehead atoms. The number of carbonyl (C=O) groups excluding carboxylic acids is 1. The molecule has 1 aromatic heterocycles. The average molecular weight is 303 g/mol. The normalized spacial score (nSPS) is 12.9. The third-order valence-corrected chi connectivity index (χ3v) is 3.34. The number of amides is 1. The number of hydrogen-bond donors (Lipinski definition) is 1. The summed E-state index contributed by atoms with van der Waals surface area (Å²) >= 11 is 0. The molecule has 1 unspecified atom stereocenters. The number of aromatic nitrogens is 2. The molecule has 1 heterocycles. The van der Waals surface area contributed by atoms with Crippen LogP contribution in [0.25, 0.3) is 0 Å². The van der Waals surface area contributed by atoms with Crippen molar-refractivity contribution in [2.75, 3.05) is 0 Å². The molecular weight excluding hydrogens is 282 g/mol. The van der Waals surface area contributed by atoms with Crippen molar-refractivity contribution >= 4 is 5.91 Å². The Morgan fingerprint density at radius 1 is 1.32 bits per heavy atom. The van der Waals surface area contributed by atoms with Crippen LogP contribution in [0.4, 0.5) is 0 Å². The lowest BCUT2D eigenvalue weighted by Crippen LogP contribution is -2.35. The monoisotopic (exact) mass is 303 g/mol. The third kappa shape index (κ3) is 3.63. The molecule has 0 aliphatic heterocycles. The molecule has 2 rings (SSSR count). The van der Waals surface area contributed by atoms with Gasteiger partial charge in [0.15, 0.2) is 5.82 Å². The minimum absolute atomic E-state index is 0.105. The second-order valence-electron chi connectivity index (χ2n) is 6.31. The first kappa shape index (κ1) is 16.0. The van der Waals surface area contributed by atoms with E-state index in [1.807, 2.05) is 58.0 Å². The molecule has 22 heavy (non-hydrogen) atoms. The predicted octanol–water partition coefficient (Wildman–Crippen LogP) is 2.01. The number of carbonyl (C=O) groups is 1. The van der Waals surface area contributed by atoms with E-state index in [9.17, 15) is 9.59 Å². The highest BCUT2D eigenvalue weighted by molar-refractivity contribution is 5.76. The van der Waals surface area contributed by atoms with Gasteiger partial charge in [-0.2, -0.15) is 0 Å². The standard InChI is InChI=1S/C16H21N3O3/c1-11(12-8-6-5-7-9-12)17-13(20)10-19-14(16(2,3)4)18-22-15(19)21/h5-9,11H,10H2,1-4H3,(H,17,20). The number of hydrogen-bond acceptors (Lipinski definition) is 4. The summed E-state index contributed by atoms with van der Waals surface area (Å²) in [5.41, 5.74) is 0.627. The lowest BCUT2D eigenvalue weighted by Gasteiger charge is -2.18. The fourth-order valence-electron chi connectivity index (χ4n) is 2.20. The van der Waals surface area contributed by atoms with Gasteiger partial charge in [-0.15, -0.1) is 0 Å². The molecule has 0 saturated carbocycles. The Morgan fingerprint density at radius 3 is 2.55 bits per heavy atom. The van der Waals surface area contributed by atoms with Crippen LogP contribution >= 0.6 is 0 Å². The Hall–Kier alpha value is -2.37. The molecule has 0 saturated heterocycles. The molecule has 0 aliphatic rings. The first-order valence-electron chi connectivity index (χ1n) is 7.20. The molecule has 0 fully saturated rings. The quantitative estimate of drug-likeness (QED) is 0.937. The number of benzene rings is 1. The van der Waals surface area contributed by atoms with Crippen molar-refractivity contribution in [1.29, 1.82) is 0 Å². The van der Waals surface area contributed by atoms with E-state index in [4.69, 9.17) is 4.52 Å². The maximum Gasteiger partial charge on any atom is 0.442 e. The van der Waals surface area contributed by atoms with Gasteiger partial charge in [0.1, 0.15) is 6.54 Å². The molecule has 6 heteroatoms. The van der Waals surface area contributed by atoms with Crippen LogP contribution in [0.2, 0.25) is 0 Å². The van der Waals surface area contributed by atoms with Crippen LogP contribution in [-0.4, -0.2) is 15.6 Å². The predicted molar refractivity (Wildman–Crippen MR) is 82.5 cm³/mol. The molecule has 0 spiro atoms. The maximum absolute atomic E-state index is 12.2. The molecule has 118 valence electrons. The molecule has 0 aliphatic carbocycles. The SMILES string of the molecule is CC(NC(=O)Cn1c(C(C)(C)C)noc1=O)c1ccccc1. The van der Waals surface area contributed by atoms with Crippen LogP contribution in [0, 0.1) is 0 Å². The summed E-state index contributed by atoms with van der Waals surface area (Å²) in [7, 11) is 0. The van der Waals surface area contributed by atoms with E-state index in [0.29, 0.717) is 5.82 Å². The topological polar surface area (TPSA) is 77.1 Å². The highest BCUT2D eigenvalue weighted by atomic mass is 16.5. The zero-order chi connectivity index (χ0) is 16.3. The molecule has 1 amide bonds. The van der Waals surface area contributed by atoms with E-state index < -0.39 is 5.76 Å². The van der Waals surface area contributed by atoms with Crippen LogP contribution in [-0.2, 0) is 16.8 Å². The molecule has 1 aromatic carbocycles. The minimum Gasteiger partial charge on any atom is -0.348 e. The van der Waals surface area contributed by atoms with Crippen molar-refractivity contribution in [3.63, 3.8) is 0 Å². The lowest BCUT2D eigenvalue weighted by atomic mass is 9.96. The third-order valence-electron chi connectivity index (χ3n) is 3.34. The fourth-order valence-corrected chi connectivity index (χ4v) is 2.20. The summed E-state index contributed by atoms with van der Waals surface area (Å²) in [5.74, 6) is -0.417. The van der Waals surface area contributed by atoms with E-state index >= 15 is 0 Å². The molecule has 2 aromatic rings. The van der Waals surface area contributed by atoms with Gasteiger partial charge in [0.2, 0.25) is 5.91 Å². The fraction of sp³-hybridized carbons (Fsp3) is 0.438. The van der Waals surface area contributed by atoms with Gasteiger partial charge in [-0.05, 0) is 12.5 Å². The highest BCUT2D eigenvalue weighted by Crippen LogP contribution is 2.18. The van der Waals surface area contributed by atoms with Crippen molar-refractivity contribution in [3.8, 4) is 0 Å². The van der Waals surface area contributed by atoms with Crippen LogP contribution < -0.4 is 11.1 Å². The van der Waals surface area contributed by atoms with Crippen LogP contribution in [0.1, 0.15) is 45.1 Å². The summed E-state index contributed by atoms with van der Waals surface area (Å²) in [4.78, 5) is 23.9. The van der Waals surface area contributed by atoms with E-state index in [-0.39, 0.29) is 23.9 Å². The van der Waals surface area contributed by atoms with Gasteiger partial charge in [-0.1, -0.05) is 56.3 Å². The molecular formula is C16H21N3O3. The highest BCUT2D eigenvalue weighted by Gasteiger charge is 2.25. The summed E-state index contributed by atoms with van der Waals surface area (Å²) in [6, 6.07) is 9.50. The Balaban J connectivity index is 2.10. The Bertz CT molecular complexity index is 695. The summed E-state index contributed by atoms with van der Waals surface area (Å²) in [6.45, 7) is 7.52. The second kappa shape index (κ2) is 6.17. The number of nitrogens with one attached hydrogen (secondary N) is 1. The summed E-state index contributed by atoms with van der Waals surface area (Å²) in [5, 5.41) is 6.65. The van der Waals surface area contributed by atoms with E-state index in [1.54, 1.807) is 0 Å². The smallest absolute Gasteiger partial charge is 0.348 e. The molecule has 0 radical (unpaired) electrons. The first-order chi connectivity index (χ1) is 10.3. The van der Waals surface area contributed by atoms with Crippen molar-refractivity contribution in [3.05, 3.63) is 52.3 Å². The van der Waals surface area contributed by atoms with Gasteiger partial charge < -0.3 is 5.32 Å². The van der Waals surface area contributed by atoms with Crippen molar-refractivity contribution in [2.45, 2.75) is 45.7 Å². The molecule has 1 N–H and O–H groups in total. The van der Waals surface area contributed by atoms with Gasteiger partial charge in [0.25, 0.3) is 0 Å². The zero-order valence-corrected chi connectivity index (χ0v) is 13.3. The largest absolute Gasteiger partial charge is 0.442 e. The van der Waals surface area contributed by atoms with Crippen molar-refractivity contribution in [2.24, 2.45) is 0 Å². The van der Waals surface area contributed by atoms with Crippen LogP contribution in [0.5, 0.6) is 0 Å². The van der Waals surface area contributed by atoms with Crippen molar-refractivity contribution < 1.29 is 9.32 Å². The summed E-state index contributed by atoms with van der Waals surface area (Å²) in [6.07, 6.45) is 0. The Kier molecular flexibility index (Phi) is 4.49. The lowest BCUT2D eigenvalue weighted by molar-refractivity contribution is -0.122. The molecule has 6 nitrogen and oxygen atoms in total. The van der Waals surface area contributed by atoms with Gasteiger partial charge in [0.05, 0.1) is 6.04 Å². The molecule has 1 atom stereocenters. The van der Waals surface area contributed by atoms with Crippen molar-refractivity contribution in [1.82, 2.24) is 15.0 Å². The maximum atomic E-state index is 12.2. The van der Waals surface area contributed by atoms with Gasteiger partial charge in [0, 0.05) is 5.41 Å². The van der Waals surface area contributed by atoms with Gasteiger partial charge >= 0.3 is 5.76 Å². The minimum atomic E-state index is -0.618. The second-order valence-corrected chi connectivity index (χ2v) is 6.31. The van der Waals surface area contributed by atoms with E-state index in [0.717, 1.165) is 5.56 Å². The zero-order valence-electron chi connectivity index (χ0n) is 13.3. The summed E-state index contributed by atoms with van der Waals surface area (Å²) < 4.78 is 5.96. The van der Waals surface area contributed by atoms with Crippen LogP contribution in [0.15, 0.2) is 39.6 Å². The Labute approximate surface area is 129 Å². The van der Waals surface area contributed by atoms with E-state index in [1.165, 1.54) is 4.57 Å². The number of nitrogens with zero attached hydrogens (tertiary/aromatic N) is 2. The average Bonchev–Trinajstić information content (AvgIpc) is 2.81. The van der Waals surface area contributed by atoms with Gasteiger partial charge in [-0.3, -0.25) is 13.9 Å². The van der Waals surface area contributed by atoms with E-state index in [2.05, 4.69) is 10.5 Å². The first-order valence-corrected chi connectivity index (χ1v) is 7.20. The van der Waals surface area contributed by atoms with Gasteiger partial charge in [-0.25, -0.2) is 4.79 Å². The number of rotatable bonds is 4. The Morgan fingerprint density at radius 2 is 1.95 bits per heavy atom.